The van der Waals surface area contributed by atoms with Crippen LogP contribution in [0.25, 0.3) is 10.8 Å². The minimum atomic E-state index is -0.440. The van der Waals surface area contributed by atoms with Crippen LogP contribution in [-0.2, 0) is 0 Å². The van der Waals surface area contributed by atoms with Crippen molar-refractivity contribution in [3.05, 3.63) is 77.4 Å². The second-order valence-electron chi connectivity index (χ2n) is 5.72. The lowest BCUT2D eigenvalue weighted by molar-refractivity contribution is 0.0952. The van der Waals surface area contributed by atoms with Crippen molar-refractivity contribution >= 4 is 22.4 Å². The number of carbonyl (C=O) groups excluding carboxylic acids is 1. The average molecular weight is 318 g/mol. The molecule has 3 rings (SSSR count). The highest BCUT2D eigenvalue weighted by Gasteiger charge is 2.12. The third-order valence-corrected chi connectivity index (χ3v) is 3.87. The first-order valence-corrected chi connectivity index (χ1v) is 7.68. The van der Waals surface area contributed by atoms with E-state index in [-0.39, 0.29) is 11.3 Å². The highest BCUT2D eigenvalue weighted by molar-refractivity contribution is 6.03. The Hall–Kier alpha value is -3.14. The number of benzene rings is 3. The van der Waals surface area contributed by atoms with Crippen LogP contribution >= 0.6 is 0 Å². The van der Waals surface area contributed by atoms with Gasteiger partial charge in [-0.25, -0.2) is 5.43 Å². The molecule has 120 valence electrons. The summed E-state index contributed by atoms with van der Waals surface area (Å²) in [5, 5.41) is 16.0. The molecule has 0 bridgehead atoms. The van der Waals surface area contributed by atoms with E-state index in [1.54, 1.807) is 12.1 Å². The fourth-order valence-corrected chi connectivity index (χ4v) is 2.54. The lowest BCUT2D eigenvalue weighted by Crippen LogP contribution is -2.19. The summed E-state index contributed by atoms with van der Waals surface area (Å²) in [6.07, 6.45) is 0. The van der Waals surface area contributed by atoms with Crippen LogP contribution in [0.5, 0.6) is 5.75 Å². The molecule has 0 aromatic heterocycles. The molecule has 0 saturated heterocycles. The van der Waals surface area contributed by atoms with E-state index in [1.165, 1.54) is 0 Å². The van der Waals surface area contributed by atoms with Gasteiger partial charge in [-0.3, -0.25) is 4.79 Å². The van der Waals surface area contributed by atoms with E-state index < -0.39 is 5.91 Å². The second kappa shape index (κ2) is 6.54. The van der Waals surface area contributed by atoms with Gasteiger partial charge in [-0.1, -0.05) is 54.1 Å². The number of nitrogens with one attached hydrogen (secondary N) is 1. The van der Waals surface area contributed by atoms with Crippen LogP contribution in [-0.4, -0.2) is 16.7 Å². The summed E-state index contributed by atoms with van der Waals surface area (Å²) in [5.74, 6) is -0.500. The first kappa shape index (κ1) is 15.7. The summed E-state index contributed by atoms with van der Waals surface area (Å²) in [5.41, 5.74) is 5.48. The molecule has 2 N–H and O–H groups in total. The number of phenols is 1. The fourth-order valence-electron chi connectivity index (χ4n) is 2.54. The third-order valence-electron chi connectivity index (χ3n) is 3.87. The Bertz CT molecular complexity index is 945. The van der Waals surface area contributed by atoms with E-state index in [1.807, 2.05) is 62.4 Å². The zero-order valence-corrected chi connectivity index (χ0v) is 13.6. The van der Waals surface area contributed by atoms with Crippen molar-refractivity contribution in [3.8, 4) is 5.75 Å². The topological polar surface area (TPSA) is 61.7 Å². The predicted molar refractivity (Wildman–Crippen MR) is 96.5 cm³/mol. The Labute approximate surface area is 140 Å². The molecular formula is C20H18N2O2. The average Bonchev–Trinajstić information content (AvgIpc) is 2.58. The van der Waals surface area contributed by atoms with Crippen LogP contribution in [0, 0.1) is 6.92 Å². The van der Waals surface area contributed by atoms with Crippen LogP contribution in [0.4, 0.5) is 0 Å². The highest BCUT2D eigenvalue weighted by atomic mass is 16.3. The number of hydrogen-bond donors (Lipinski definition) is 2. The Morgan fingerprint density at radius 3 is 2.42 bits per heavy atom. The summed E-state index contributed by atoms with van der Waals surface area (Å²) >= 11 is 0. The number of amides is 1. The highest BCUT2D eigenvalue weighted by Crippen LogP contribution is 2.24. The number of nitrogens with zero attached hydrogens (tertiary/aromatic N) is 1. The molecule has 1 amide bonds. The summed E-state index contributed by atoms with van der Waals surface area (Å²) in [4.78, 5) is 12.3. The SMILES string of the molecule is CC(=NNC(=O)c1cc2ccccc2cc1O)c1cccc(C)c1. The standard InChI is InChI=1S/C20H18N2O2/c1-13-6-5-9-15(10-13)14(2)21-22-20(24)18-11-16-7-3-4-8-17(16)12-19(18)23/h3-12,23H,1-2H3,(H,22,24). The van der Waals surface area contributed by atoms with Crippen LogP contribution in [0.3, 0.4) is 0 Å². The molecular weight excluding hydrogens is 300 g/mol. The van der Waals surface area contributed by atoms with Gasteiger partial charge in [-0.15, -0.1) is 0 Å². The van der Waals surface area contributed by atoms with Crippen molar-refractivity contribution in [2.45, 2.75) is 13.8 Å². The summed E-state index contributed by atoms with van der Waals surface area (Å²) in [7, 11) is 0. The van der Waals surface area contributed by atoms with E-state index >= 15 is 0 Å². The van der Waals surface area contributed by atoms with Gasteiger partial charge in [0.1, 0.15) is 5.75 Å². The van der Waals surface area contributed by atoms with Gasteiger partial charge < -0.3 is 5.11 Å². The molecule has 0 fully saturated rings. The Morgan fingerprint density at radius 1 is 1.00 bits per heavy atom. The Balaban J connectivity index is 1.84. The minimum absolute atomic E-state index is 0.0605. The number of rotatable bonds is 3. The molecule has 3 aromatic rings. The van der Waals surface area contributed by atoms with Gasteiger partial charge in [0.25, 0.3) is 5.91 Å². The number of hydrazone groups is 1. The van der Waals surface area contributed by atoms with Gasteiger partial charge in [-0.2, -0.15) is 5.10 Å². The van der Waals surface area contributed by atoms with Crippen molar-refractivity contribution < 1.29 is 9.90 Å². The monoisotopic (exact) mass is 318 g/mol. The van der Waals surface area contributed by atoms with Crippen molar-refractivity contribution in [2.75, 3.05) is 0 Å². The molecule has 0 aliphatic rings. The number of aryl methyl sites for hydroxylation is 1. The molecule has 4 nitrogen and oxygen atoms in total. The van der Waals surface area contributed by atoms with Crippen LogP contribution in [0.1, 0.15) is 28.4 Å². The number of fused-ring (bicyclic) bond motifs is 1. The lowest BCUT2D eigenvalue weighted by atomic mass is 10.1. The maximum absolute atomic E-state index is 12.3. The van der Waals surface area contributed by atoms with Crippen LogP contribution in [0.2, 0.25) is 0 Å². The van der Waals surface area contributed by atoms with E-state index in [0.29, 0.717) is 5.71 Å². The fraction of sp³-hybridized carbons (Fsp3) is 0.100. The lowest BCUT2D eigenvalue weighted by Gasteiger charge is -2.07. The number of aromatic hydroxyl groups is 1. The molecule has 4 heteroatoms. The largest absolute Gasteiger partial charge is 0.507 e. The normalized spacial score (nSPS) is 11.5. The molecule has 0 saturated carbocycles. The number of phenolic OH excluding ortho intramolecular Hbond substituents is 1. The number of hydrogen-bond acceptors (Lipinski definition) is 3. The molecule has 0 atom stereocenters. The summed E-state index contributed by atoms with van der Waals surface area (Å²) in [6, 6.07) is 18.7. The zero-order valence-electron chi connectivity index (χ0n) is 13.6. The van der Waals surface area contributed by atoms with E-state index in [9.17, 15) is 9.90 Å². The van der Waals surface area contributed by atoms with Gasteiger partial charge in [-0.05, 0) is 42.3 Å². The van der Waals surface area contributed by atoms with Crippen LogP contribution in [0.15, 0.2) is 65.8 Å². The van der Waals surface area contributed by atoms with Gasteiger partial charge in [0, 0.05) is 0 Å². The van der Waals surface area contributed by atoms with E-state index in [0.717, 1.165) is 21.9 Å². The summed E-state index contributed by atoms with van der Waals surface area (Å²) in [6.45, 7) is 3.83. The maximum Gasteiger partial charge on any atom is 0.275 e. The Kier molecular flexibility index (Phi) is 4.29. The van der Waals surface area contributed by atoms with Crippen molar-refractivity contribution in [2.24, 2.45) is 5.10 Å². The minimum Gasteiger partial charge on any atom is -0.507 e. The molecule has 0 aliphatic heterocycles. The first-order chi connectivity index (χ1) is 11.5. The van der Waals surface area contributed by atoms with Crippen molar-refractivity contribution in [1.82, 2.24) is 5.43 Å². The second-order valence-corrected chi connectivity index (χ2v) is 5.72. The predicted octanol–water partition coefficient (Wildman–Crippen LogP) is 4.01. The maximum atomic E-state index is 12.3. The van der Waals surface area contributed by atoms with Crippen LogP contribution < -0.4 is 5.43 Å². The molecule has 0 unspecified atom stereocenters. The van der Waals surface area contributed by atoms with Crippen molar-refractivity contribution in [1.29, 1.82) is 0 Å². The third kappa shape index (κ3) is 3.27. The smallest absolute Gasteiger partial charge is 0.275 e. The number of carbonyl (C=O) groups is 1. The van der Waals surface area contributed by atoms with E-state index in [4.69, 9.17) is 0 Å². The van der Waals surface area contributed by atoms with Crippen molar-refractivity contribution in [3.63, 3.8) is 0 Å². The quantitative estimate of drug-likeness (QED) is 0.566. The molecule has 0 aliphatic carbocycles. The zero-order chi connectivity index (χ0) is 17.1. The van der Waals surface area contributed by atoms with Gasteiger partial charge in [0.15, 0.2) is 0 Å². The molecule has 3 aromatic carbocycles. The molecule has 0 radical (unpaired) electrons. The molecule has 0 spiro atoms. The molecule has 0 heterocycles. The van der Waals surface area contributed by atoms with Gasteiger partial charge in [0.2, 0.25) is 0 Å². The van der Waals surface area contributed by atoms with Gasteiger partial charge in [0.05, 0.1) is 11.3 Å². The van der Waals surface area contributed by atoms with Gasteiger partial charge >= 0.3 is 0 Å². The summed E-state index contributed by atoms with van der Waals surface area (Å²) < 4.78 is 0. The van der Waals surface area contributed by atoms with E-state index in [2.05, 4.69) is 10.5 Å². The Morgan fingerprint density at radius 2 is 1.71 bits per heavy atom. The molecule has 24 heavy (non-hydrogen) atoms. The first-order valence-electron chi connectivity index (χ1n) is 7.68.